The Morgan fingerprint density at radius 3 is 2.67 bits per heavy atom. The van der Waals surface area contributed by atoms with Gasteiger partial charge in [0.05, 0.1) is 23.6 Å². The fourth-order valence-corrected chi connectivity index (χ4v) is 2.96. The maximum atomic E-state index is 10.6. The number of halogens is 1. The second-order valence-corrected chi connectivity index (χ2v) is 5.14. The van der Waals surface area contributed by atoms with Crippen LogP contribution in [0.5, 0.6) is 5.75 Å². The summed E-state index contributed by atoms with van der Waals surface area (Å²) in [6, 6.07) is 7.52. The highest BCUT2D eigenvalue weighted by Gasteiger charge is 2.43. The molecule has 1 aromatic carbocycles. The largest absolute Gasteiger partial charge is 0.496 e. The number of hydrogen-bond donors (Lipinski definition) is 1. The fraction of sp³-hybridized carbons (Fsp3) is 0.500. The van der Waals surface area contributed by atoms with Crippen LogP contribution < -0.4 is 4.74 Å². The van der Waals surface area contributed by atoms with Crippen LogP contribution in [-0.4, -0.2) is 12.2 Å². The molecule has 2 rings (SSSR count). The fourth-order valence-electron chi connectivity index (χ4n) is 2.69. The normalized spacial score (nSPS) is 19.2. The Balaban J connectivity index is 2.45. The van der Waals surface area contributed by atoms with E-state index >= 15 is 0 Å². The Kier molecular flexibility index (Phi) is 3.79. The van der Waals surface area contributed by atoms with Crippen LogP contribution in [0.2, 0.25) is 5.02 Å². The Labute approximate surface area is 112 Å². The van der Waals surface area contributed by atoms with Crippen molar-refractivity contribution in [3.05, 3.63) is 28.8 Å². The van der Waals surface area contributed by atoms with E-state index in [0.29, 0.717) is 29.2 Å². The first-order valence-corrected chi connectivity index (χ1v) is 6.44. The molecule has 1 aliphatic carbocycles. The quantitative estimate of drug-likeness (QED) is 0.910. The number of rotatable bonds is 3. The highest BCUT2D eigenvalue weighted by atomic mass is 35.5. The van der Waals surface area contributed by atoms with Crippen molar-refractivity contribution in [3.8, 4) is 11.8 Å². The van der Waals surface area contributed by atoms with Gasteiger partial charge in [-0.2, -0.15) is 5.26 Å². The molecule has 4 heteroatoms. The third-order valence-corrected chi connectivity index (χ3v) is 4.08. The molecule has 0 spiro atoms. The van der Waals surface area contributed by atoms with E-state index in [9.17, 15) is 10.4 Å². The lowest BCUT2D eigenvalue weighted by molar-refractivity contribution is 0.0649. The summed E-state index contributed by atoms with van der Waals surface area (Å²) in [5.74, 6) is 0.538. The second kappa shape index (κ2) is 5.17. The molecule has 3 nitrogen and oxygen atoms in total. The SMILES string of the molecule is COc1cccc(Cl)c1C(O)C1(C#N)CCCC1. The molecular formula is C14H16ClNO2. The van der Waals surface area contributed by atoms with Gasteiger partial charge in [0.1, 0.15) is 11.9 Å². The third-order valence-electron chi connectivity index (χ3n) is 3.75. The van der Waals surface area contributed by atoms with Gasteiger partial charge < -0.3 is 9.84 Å². The standard InChI is InChI=1S/C14H16ClNO2/c1-18-11-6-4-5-10(15)12(11)13(17)14(9-16)7-2-3-8-14/h4-6,13,17H,2-3,7-8H2,1H3. The third kappa shape index (κ3) is 2.07. The van der Waals surface area contributed by atoms with Crippen LogP contribution in [0.25, 0.3) is 0 Å². The van der Waals surface area contributed by atoms with Crippen LogP contribution in [0.3, 0.4) is 0 Å². The number of aliphatic hydroxyl groups is 1. The molecule has 1 aliphatic rings. The van der Waals surface area contributed by atoms with Crippen LogP contribution >= 0.6 is 11.6 Å². The summed E-state index contributed by atoms with van der Waals surface area (Å²) in [6.07, 6.45) is 2.46. The van der Waals surface area contributed by atoms with Crippen molar-refractivity contribution in [2.24, 2.45) is 5.41 Å². The summed E-state index contributed by atoms with van der Waals surface area (Å²) in [5.41, 5.74) is -0.191. The van der Waals surface area contributed by atoms with Crippen molar-refractivity contribution >= 4 is 11.6 Å². The smallest absolute Gasteiger partial charge is 0.126 e. The monoisotopic (exact) mass is 265 g/mol. The van der Waals surface area contributed by atoms with E-state index in [4.69, 9.17) is 16.3 Å². The number of methoxy groups -OCH3 is 1. The number of ether oxygens (including phenoxy) is 1. The number of benzene rings is 1. The van der Waals surface area contributed by atoms with Gasteiger partial charge in [-0.15, -0.1) is 0 Å². The van der Waals surface area contributed by atoms with E-state index < -0.39 is 11.5 Å². The highest BCUT2D eigenvalue weighted by Crippen LogP contribution is 2.50. The first kappa shape index (κ1) is 13.2. The van der Waals surface area contributed by atoms with E-state index in [0.717, 1.165) is 12.8 Å². The highest BCUT2D eigenvalue weighted by molar-refractivity contribution is 6.31. The molecular weight excluding hydrogens is 250 g/mol. The average Bonchev–Trinajstić information content (AvgIpc) is 2.87. The van der Waals surface area contributed by atoms with Crippen LogP contribution in [0.4, 0.5) is 0 Å². The van der Waals surface area contributed by atoms with Crippen molar-refractivity contribution in [2.75, 3.05) is 7.11 Å². The number of hydrogen-bond acceptors (Lipinski definition) is 3. The topological polar surface area (TPSA) is 53.2 Å². The predicted octanol–water partition coefficient (Wildman–Crippen LogP) is 3.47. The van der Waals surface area contributed by atoms with Crippen molar-refractivity contribution in [2.45, 2.75) is 31.8 Å². The minimum Gasteiger partial charge on any atom is -0.496 e. The zero-order valence-corrected chi connectivity index (χ0v) is 11.1. The first-order valence-electron chi connectivity index (χ1n) is 6.06. The van der Waals surface area contributed by atoms with Crippen LogP contribution in [0, 0.1) is 16.7 Å². The maximum absolute atomic E-state index is 10.6. The minimum absolute atomic E-state index is 0.448. The first-order chi connectivity index (χ1) is 8.64. The van der Waals surface area contributed by atoms with Crippen molar-refractivity contribution < 1.29 is 9.84 Å². The molecule has 1 atom stereocenters. The summed E-state index contributed by atoms with van der Waals surface area (Å²) in [4.78, 5) is 0. The van der Waals surface area contributed by atoms with E-state index in [1.54, 1.807) is 18.2 Å². The Morgan fingerprint density at radius 1 is 1.44 bits per heavy atom. The van der Waals surface area contributed by atoms with Crippen molar-refractivity contribution in [3.63, 3.8) is 0 Å². The van der Waals surface area contributed by atoms with Crippen molar-refractivity contribution in [1.82, 2.24) is 0 Å². The van der Waals surface area contributed by atoms with Gasteiger partial charge in [-0.3, -0.25) is 0 Å². The Morgan fingerprint density at radius 2 is 2.11 bits per heavy atom. The molecule has 1 unspecified atom stereocenters. The maximum Gasteiger partial charge on any atom is 0.126 e. The number of aliphatic hydroxyl groups excluding tert-OH is 1. The molecule has 0 aromatic heterocycles. The molecule has 0 radical (unpaired) electrons. The van der Waals surface area contributed by atoms with Gasteiger partial charge in [-0.05, 0) is 25.0 Å². The molecule has 0 amide bonds. The summed E-state index contributed by atoms with van der Waals surface area (Å²) in [7, 11) is 1.54. The molecule has 96 valence electrons. The van der Waals surface area contributed by atoms with E-state index in [2.05, 4.69) is 6.07 Å². The molecule has 1 aromatic rings. The molecule has 1 fully saturated rings. The summed E-state index contributed by atoms with van der Waals surface area (Å²) in [5, 5.41) is 20.4. The number of nitrogens with zero attached hydrogens (tertiary/aromatic N) is 1. The van der Waals surface area contributed by atoms with Gasteiger partial charge >= 0.3 is 0 Å². The van der Waals surface area contributed by atoms with Gasteiger partial charge in [0, 0.05) is 5.56 Å². The predicted molar refractivity (Wildman–Crippen MR) is 69.5 cm³/mol. The van der Waals surface area contributed by atoms with E-state index in [-0.39, 0.29) is 0 Å². The molecule has 1 N–H and O–H groups in total. The molecule has 0 heterocycles. The Bertz CT molecular complexity index is 475. The molecule has 0 saturated heterocycles. The van der Waals surface area contributed by atoms with Crippen LogP contribution in [-0.2, 0) is 0 Å². The molecule has 1 saturated carbocycles. The van der Waals surface area contributed by atoms with E-state index in [1.165, 1.54) is 7.11 Å². The summed E-state index contributed by atoms with van der Waals surface area (Å²) < 4.78 is 5.24. The van der Waals surface area contributed by atoms with Crippen LogP contribution in [0.15, 0.2) is 18.2 Å². The summed E-state index contributed by atoms with van der Waals surface area (Å²) >= 11 is 6.15. The second-order valence-electron chi connectivity index (χ2n) is 4.73. The molecule has 0 aliphatic heterocycles. The lowest BCUT2D eigenvalue weighted by Gasteiger charge is -2.28. The Hall–Kier alpha value is -1.24. The zero-order chi connectivity index (χ0) is 13.2. The average molecular weight is 266 g/mol. The lowest BCUT2D eigenvalue weighted by Crippen LogP contribution is -2.24. The number of nitriles is 1. The van der Waals surface area contributed by atoms with Gasteiger partial charge in [0.2, 0.25) is 0 Å². The van der Waals surface area contributed by atoms with Crippen molar-refractivity contribution in [1.29, 1.82) is 5.26 Å². The minimum atomic E-state index is -0.895. The van der Waals surface area contributed by atoms with Gasteiger partial charge in [-0.25, -0.2) is 0 Å². The van der Waals surface area contributed by atoms with Crippen LogP contribution in [0.1, 0.15) is 37.4 Å². The van der Waals surface area contributed by atoms with Gasteiger partial charge in [-0.1, -0.05) is 30.5 Å². The zero-order valence-electron chi connectivity index (χ0n) is 10.3. The summed E-state index contributed by atoms with van der Waals surface area (Å²) in [6.45, 7) is 0. The lowest BCUT2D eigenvalue weighted by atomic mass is 9.78. The van der Waals surface area contributed by atoms with E-state index in [1.807, 2.05) is 0 Å². The molecule has 18 heavy (non-hydrogen) atoms. The molecule has 0 bridgehead atoms. The van der Waals surface area contributed by atoms with Gasteiger partial charge in [0.25, 0.3) is 0 Å². The van der Waals surface area contributed by atoms with Gasteiger partial charge in [0.15, 0.2) is 0 Å².